The van der Waals surface area contributed by atoms with Crippen LogP contribution in [0.5, 0.6) is 0 Å². The van der Waals surface area contributed by atoms with Crippen LogP contribution in [0.2, 0.25) is 5.15 Å². The van der Waals surface area contributed by atoms with Crippen molar-refractivity contribution in [3.8, 4) is 0 Å². The molecule has 2 aromatic heterocycles. The first-order valence-corrected chi connectivity index (χ1v) is 7.20. The lowest BCUT2D eigenvalue weighted by atomic mass is 10.1. The Hall–Kier alpha value is -1.34. The third-order valence-electron chi connectivity index (χ3n) is 2.64. The molecule has 112 valence electrons. The van der Waals surface area contributed by atoms with Gasteiger partial charge >= 0.3 is 6.18 Å². The summed E-state index contributed by atoms with van der Waals surface area (Å²) in [5, 5.41) is 1.35. The zero-order chi connectivity index (χ0) is 15.6. The maximum Gasteiger partial charge on any atom is 0.417 e. The Labute approximate surface area is 129 Å². The van der Waals surface area contributed by atoms with Crippen molar-refractivity contribution in [2.24, 2.45) is 0 Å². The van der Waals surface area contributed by atoms with Crippen LogP contribution >= 0.6 is 23.4 Å². The predicted octanol–water partition coefficient (Wildman–Crippen LogP) is 4.82. The number of rotatable bonds is 3. The summed E-state index contributed by atoms with van der Waals surface area (Å²) in [4.78, 5) is 11.9. The number of hydrogen-bond donors (Lipinski definition) is 0. The fourth-order valence-electron chi connectivity index (χ4n) is 1.63. The van der Waals surface area contributed by atoms with Gasteiger partial charge in [0.1, 0.15) is 21.5 Å². The van der Waals surface area contributed by atoms with Gasteiger partial charge in [-0.05, 0) is 29.8 Å². The second kappa shape index (κ2) is 6.19. The molecule has 0 aromatic carbocycles. The van der Waals surface area contributed by atoms with Crippen LogP contribution in [-0.2, 0) is 6.18 Å². The molecule has 0 spiro atoms. The molecular weight excluding hydrogens is 323 g/mol. The summed E-state index contributed by atoms with van der Waals surface area (Å²) in [6.07, 6.45) is -2.27. The van der Waals surface area contributed by atoms with Crippen molar-refractivity contribution >= 4 is 23.4 Å². The van der Waals surface area contributed by atoms with Gasteiger partial charge in [0, 0.05) is 11.8 Å². The lowest BCUT2D eigenvalue weighted by molar-refractivity contribution is -0.137. The van der Waals surface area contributed by atoms with E-state index in [2.05, 4.69) is 15.0 Å². The molecule has 0 atom stereocenters. The molecule has 0 aliphatic heterocycles. The molecule has 0 aliphatic carbocycles. The summed E-state index contributed by atoms with van der Waals surface area (Å²) in [5.74, 6) is 0.0932. The van der Waals surface area contributed by atoms with E-state index in [1.807, 2.05) is 13.8 Å². The molecule has 2 rings (SSSR count). The molecule has 21 heavy (non-hydrogen) atoms. The van der Waals surface area contributed by atoms with Gasteiger partial charge in [0.05, 0.1) is 5.56 Å². The Balaban J connectivity index is 2.29. The van der Waals surface area contributed by atoms with E-state index in [9.17, 15) is 13.2 Å². The molecule has 0 amide bonds. The molecule has 0 bridgehead atoms. The van der Waals surface area contributed by atoms with Crippen LogP contribution < -0.4 is 0 Å². The van der Waals surface area contributed by atoms with E-state index in [0.29, 0.717) is 15.2 Å². The molecule has 2 heterocycles. The largest absolute Gasteiger partial charge is 0.417 e. The van der Waals surface area contributed by atoms with Gasteiger partial charge in [-0.3, -0.25) is 0 Å². The van der Waals surface area contributed by atoms with Crippen molar-refractivity contribution in [2.45, 2.75) is 36.0 Å². The van der Waals surface area contributed by atoms with Crippen molar-refractivity contribution in [1.82, 2.24) is 15.0 Å². The maximum absolute atomic E-state index is 12.5. The van der Waals surface area contributed by atoms with Crippen LogP contribution in [-0.4, -0.2) is 15.0 Å². The van der Waals surface area contributed by atoms with Crippen LogP contribution in [0.25, 0.3) is 0 Å². The quantitative estimate of drug-likeness (QED) is 0.755. The van der Waals surface area contributed by atoms with Crippen molar-refractivity contribution in [3.05, 3.63) is 40.9 Å². The summed E-state index contributed by atoms with van der Waals surface area (Å²) < 4.78 is 37.5. The van der Waals surface area contributed by atoms with Gasteiger partial charge < -0.3 is 0 Å². The zero-order valence-corrected chi connectivity index (χ0v) is 12.7. The normalized spacial score (nSPS) is 12.0. The van der Waals surface area contributed by atoms with E-state index < -0.39 is 11.7 Å². The number of pyridine rings is 1. The standard InChI is InChI=1S/C13H11ClF3N3S/c1-7(2)10-11(14)19-6-20-12(10)21-9-4-3-8(5-18-9)13(15,16)17/h3-7H,1-2H3. The van der Waals surface area contributed by atoms with E-state index >= 15 is 0 Å². The third kappa shape index (κ3) is 3.85. The molecular formula is C13H11ClF3N3S. The third-order valence-corrected chi connectivity index (χ3v) is 3.91. The average molecular weight is 334 g/mol. The van der Waals surface area contributed by atoms with Gasteiger partial charge in [-0.25, -0.2) is 15.0 Å². The minimum absolute atomic E-state index is 0.0932. The number of aromatic nitrogens is 3. The second-order valence-electron chi connectivity index (χ2n) is 4.52. The second-order valence-corrected chi connectivity index (χ2v) is 5.89. The first-order chi connectivity index (χ1) is 9.79. The first-order valence-electron chi connectivity index (χ1n) is 6.00. The maximum atomic E-state index is 12.5. The molecule has 0 aliphatic rings. The Morgan fingerprint density at radius 1 is 1.14 bits per heavy atom. The summed E-state index contributed by atoms with van der Waals surface area (Å²) in [6.45, 7) is 3.88. The highest BCUT2D eigenvalue weighted by Crippen LogP contribution is 2.35. The van der Waals surface area contributed by atoms with Gasteiger partial charge in [0.25, 0.3) is 0 Å². The van der Waals surface area contributed by atoms with Gasteiger partial charge in [-0.15, -0.1) is 0 Å². The molecule has 0 unspecified atom stereocenters. The minimum atomic E-state index is -4.39. The fraction of sp³-hybridized carbons (Fsp3) is 0.308. The number of halogens is 4. The zero-order valence-electron chi connectivity index (χ0n) is 11.1. The number of alkyl halides is 3. The molecule has 8 heteroatoms. The van der Waals surface area contributed by atoms with E-state index in [0.717, 1.165) is 29.6 Å². The molecule has 0 fully saturated rings. The Bertz CT molecular complexity index is 630. The summed E-state index contributed by atoms with van der Waals surface area (Å²) in [6, 6.07) is 2.31. The van der Waals surface area contributed by atoms with E-state index in [1.165, 1.54) is 12.4 Å². The van der Waals surface area contributed by atoms with Crippen LogP contribution in [0.15, 0.2) is 34.7 Å². The number of nitrogens with zero attached hydrogens (tertiary/aromatic N) is 3. The van der Waals surface area contributed by atoms with Crippen LogP contribution in [0.4, 0.5) is 13.2 Å². The van der Waals surface area contributed by atoms with Crippen LogP contribution in [0.3, 0.4) is 0 Å². The van der Waals surface area contributed by atoms with Crippen molar-refractivity contribution in [3.63, 3.8) is 0 Å². The smallest absolute Gasteiger partial charge is 0.249 e. The highest BCUT2D eigenvalue weighted by molar-refractivity contribution is 7.99. The van der Waals surface area contributed by atoms with E-state index in [-0.39, 0.29) is 5.92 Å². The molecule has 0 saturated carbocycles. The Kier molecular flexibility index (Phi) is 4.73. The van der Waals surface area contributed by atoms with Crippen molar-refractivity contribution < 1.29 is 13.2 Å². The van der Waals surface area contributed by atoms with E-state index in [1.54, 1.807) is 0 Å². The molecule has 2 aromatic rings. The molecule has 0 N–H and O–H groups in total. The SMILES string of the molecule is CC(C)c1c(Cl)ncnc1Sc1ccc(C(F)(F)F)cn1. The van der Waals surface area contributed by atoms with E-state index in [4.69, 9.17) is 11.6 Å². The topological polar surface area (TPSA) is 38.7 Å². The average Bonchev–Trinajstić information content (AvgIpc) is 2.38. The summed E-state index contributed by atoms with van der Waals surface area (Å²) in [7, 11) is 0. The van der Waals surface area contributed by atoms with Gasteiger partial charge in [0.2, 0.25) is 0 Å². The monoisotopic (exact) mass is 333 g/mol. The lowest BCUT2D eigenvalue weighted by Crippen LogP contribution is -2.05. The number of hydrogen-bond acceptors (Lipinski definition) is 4. The summed E-state index contributed by atoms with van der Waals surface area (Å²) in [5.41, 5.74) is -0.0254. The Morgan fingerprint density at radius 2 is 1.86 bits per heavy atom. The van der Waals surface area contributed by atoms with Gasteiger partial charge in [-0.1, -0.05) is 25.4 Å². The van der Waals surface area contributed by atoms with Gasteiger partial charge in [-0.2, -0.15) is 13.2 Å². The lowest BCUT2D eigenvalue weighted by Gasteiger charge is -2.12. The summed E-state index contributed by atoms with van der Waals surface area (Å²) >= 11 is 7.20. The minimum Gasteiger partial charge on any atom is -0.249 e. The molecule has 3 nitrogen and oxygen atoms in total. The van der Waals surface area contributed by atoms with Crippen molar-refractivity contribution in [1.29, 1.82) is 0 Å². The molecule has 0 saturated heterocycles. The predicted molar refractivity (Wildman–Crippen MR) is 74.5 cm³/mol. The van der Waals surface area contributed by atoms with Crippen molar-refractivity contribution in [2.75, 3.05) is 0 Å². The fourth-order valence-corrected chi connectivity index (χ4v) is 3.02. The first kappa shape index (κ1) is 16.0. The van der Waals surface area contributed by atoms with Gasteiger partial charge in [0.15, 0.2) is 0 Å². The molecule has 0 radical (unpaired) electrons. The Morgan fingerprint density at radius 3 is 2.38 bits per heavy atom. The van der Waals surface area contributed by atoms with Crippen LogP contribution in [0, 0.1) is 0 Å². The highest BCUT2D eigenvalue weighted by atomic mass is 35.5. The van der Waals surface area contributed by atoms with Crippen LogP contribution in [0.1, 0.15) is 30.9 Å². The highest BCUT2D eigenvalue weighted by Gasteiger charge is 2.30.